The van der Waals surface area contributed by atoms with Crippen LogP contribution in [0.15, 0.2) is 18.3 Å². The second-order valence-electron chi connectivity index (χ2n) is 2.79. The van der Waals surface area contributed by atoms with Crippen LogP contribution in [0.4, 0.5) is 0 Å². The number of aromatic amines is 1. The summed E-state index contributed by atoms with van der Waals surface area (Å²) in [4.78, 5) is 0. The Balaban J connectivity index is 2.80. The molecule has 0 spiro atoms. The maximum atomic E-state index is 4.08. The normalized spacial score (nSPS) is 12.3. The molecule has 2 aromatic rings. The van der Waals surface area contributed by atoms with Gasteiger partial charge < -0.3 is 0 Å². The van der Waals surface area contributed by atoms with Gasteiger partial charge in [-0.1, -0.05) is 0 Å². The zero-order valence-electron chi connectivity index (χ0n) is 6.69. The van der Waals surface area contributed by atoms with Gasteiger partial charge in [-0.15, -0.1) is 0 Å². The molecule has 0 atom stereocenters. The molecule has 1 aromatic heterocycles. The van der Waals surface area contributed by atoms with Crippen molar-refractivity contribution in [1.82, 2.24) is 10.2 Å². The van der Waals surface area contributed by atoms with Crippen molar-refractivity contribution in [2.75, 3.05) is 0 Å². The summed E-state index contributed by atoms with van der Waals surface area (Å²) in [5, 5.41) is 8.31. The number of nitrogens with one attached hydrogen (secondary N) is 1. The second-order valence-corrected chi connectivity index (χ2v) is 15.1. The first kappa shape index (κ1) is 12.1. The molecule has 74 valence electrons. The predicted octanol–water partition coefficient (Wildman–Crippen LogP) is 4.58. The lowest BCUT2D eigenvalue weighted by Crippen LogP contribution is -1.99. The van der Waals surface area contributed by atoms with E-state index in [-0.39, 0.29) is -0.565 Å². The van der Waals surface area contributed by atoms with Gasteiger partial charge in [0.25, 0.3) is 0 Å². The lowest BCUT2D eigenvalue weighted by Gasteiger charge is -2.14. The number of benzene rings is 1. The summed E-state index contributed by atoms with van der Waals surface area (Å²) in [7, 11) is 0. The molecule has 1 aromatic carbocycles. The van der Waals surface area contributed by atoms with Crippen molar-refractivity contribution in [1.29, 1.82) is 0 Å². The van der Waals surface area contributed by atoms with Crippen LogP contribution in [0.3, 0.4) is 0 Å². The van der Waals surface area contributed by atoms with Crippen LogP contribution in [-0.4, -0.2) is 10.2 Å². The van der Waals surface area contributed by atoms with Crippen LogP contribution in [-0.2, 0) is -0.565 Å². The molecular weight excluding hydrogens is 632 g/mol. The molecule has 0 radical (unpaired) electrons. The van der Waals surface area contributed by atoms with Gasteiger partial charge in [0.15, 0.2) is -0.565 Å². The maximum Gasteiger partial charge on any atom is 0.151 e. The van der Waals surface area contributed by atoms with Crippen molar-refractivity contribution < 1.29 is 0 Å². The Morgan fingerprint density at radius 3 is 2.57 bits per heavy atom. The largest absolute Gasteiger partial charge is 0.277 e. The molecule has 0 aliphatic rings. The van der Waals surface area contributed by atoms with E-state index >= 15 is 0 Å². The van der Waals surface area contributed by atoms with Crippen LogP contribution in [0.1, 0.15) is 5.56 Å². The third-order valence-corrected chi connectivity index (χ3v) is 4.19. The van der Waals surface area contributed by atoms with E-state index in [4.69, 9.17) is 0 Å². The molecule has 0 bridgehead atoms. The summed E-state index contributed by atoms with van der Waals surface area (Å²) in [6.45, 7) is 0. The fourth-order valence-corrected chi connectivity index (χ4v) is 3.17. The molecule has 0 aliphatic carbocycles. The van der Waals surface area contributed by atoms with E-state index in [0.29, 0.717) is 0 Å². The number of alkyl halides is 3. The van der Waals surface area contributed by atoms with E-state index < -0.39 is 0 Å². The fourth-order valence-electron chi connectivity index (χ4n) is 1.24. The van der Waals surface area contributed by atoms with Gasteiger partial charge >= 0.3 is 0 Å². The van der Waals surface area contributed by atoms with Gasteiger partial charge in [-0.05, 0) is 102 Å². The minimum atomic E-state index is 0.0687. The van der Waals surface area contributed by atoms with Crippen LogP contribution < -0.4 is 0 Å². The first-order valence-corrected chi connectivity index (χ1v) is 8.00. The molecule has 14 heavy (non-hydrogen) atoms. The van der Waals surface area contributed by atoms with Gasteiger partial charge in [0.1, 0.15) is 0 Å². The van der Waals surface area contributed by atoms with Crippen LogP contribution in [0, 0.1) is 3.57 Å². The number of nitrogens with zero attached hydrogens (tertiary/aromatic N) is 1. The van der Waals surface area contributed by atoms with Gasteiger partial charge in [0.05, 0.1) is 11.7 Å². The molecule has 0 saturated heterocycles. The molecule has 1 N–H and O–H groups in total. The highest BCUT2D eigenvalue weighted by atomic mass is 127. The number of rotatable bonds is 1. The van der Waals surface area contributed by atoms with Gasteiger partial charge in [0.2, 0.25) is 0 Å². The van der Waals surface area contributed by atoms with Gasteiger partial charge in [0, 0.05) is 14.5 Å². The van der Waals surface area contributed by atoms with Gasteiger partial charge in [-0.3, -0.25) is 5.10 Å². The minimum absolute atomic E-state index is 0.0687. The fraction of sp³-hybridized carbons (Fsp3) is 0.125. The highest BCUT2D eigenvalue weighted by Gasteiger charge is 2.24. The standard InChI is InChI=1S/C8H4I4N2/c9-5-1-4-3-13-14-7(4)6(2-5)8(10,11)12/h1-3H,(H,13,14). The van der Waals surface area contributed by atoms with E-state index in [2.05, 4.69) is 113 Å². The maximum absolute atomic E-state index is 4.08. The Morgan fingerprint density at radius 2 is 1.93 bits per heavy atom. The summed E-state index contributed by atoms with van der Waals surface area (Å²) in [5.74, 6) is 0. The van der Waals surface area contributed by atoms with E-state index in [0.717, 1.165) is 5.52 Å². The summed E-state index contributed by atoms with van der Waals surface area (Å²) in [5.41, 5.74) is 2.43. The quantitative estimate of drug-likeness (QED) is 0.361. The number of hydrogen-bond acceptors (Lipinski definition) is 1. The van der Waals surface area contributed by atoms with Crippen molar-refractivity contribution in [2.24, 2.45) is 0 Å². The van der Waals surface area contributed by atoms with E-state index in [1.54, 1.807) is 0 Å². The van der Waals surface area contributed by atoms with Crippen LogP contribution >= 0.6 is 90.4 Å². The summed E-state index contributed by atoms with van der Waals surface area (Å²) in [6, 6.07) is 4.34. The van der Waals surface area contributed by atoms with E-state index in [1.807, 2.05) is 6.20 Å². The van der Waals surface area contributed by atoms with Crippen molar-refractivity contribution in [3.8, 4) is 0 Å². The van der Waals surface area contributed by atoms with Gasteiger partial charge in [-0.2, -0.15) is 5.10 Å². The zero-order valence-corrected chi connectivity index (χ0v) is 15.3. The molecule has 0 unspecified atom stereocenters. The number of H-pyrrole nitrogens is 1. The van der Waals surface area contributed by atoms with Crippen LogP contribution in [0.5, 0.6) is 0 Å². The summed E-state index contributed by atoms with van der Waals surface area (Å²) in [6.07, 6.45) is 1.87. The Labute approximate surface area is 136 Å². The monoisotopic (exact) mass is 636 g/mol. The third kappa shape index (κ3) is 2.47. The molecular formula is C8H4I4N2. The second kappa shape index (κ2) is 4.47. The Hall–Kier alpha value is 1.61. The SMILES string of the molecule is Ic1cc(C(I)(I)I)c2[nH]ncc2c1. The number of aromatic nitrogens is 2. The minimum Gasteiger partial charge on any atom is -0.277 e. The molecule has 2 nitrogen and oxygen atoms in total. The molecule has 2 rings (SSSR count). The summed E-state index contributed by atoms with van der Waals surface area (Å²) < 4.78 is 1.32. The third-order valence-electron chi connectivity index (χ3n) is 1.82. The zero-order chi connectivity index (χ0) is 10.3. The van der Waals surface area contributed by atoms with Crippen molar-refractivity contribution >= 4 is 101 Å². The number of hydrogen-bond donors (Lipinski definition) is 1. The summed E-state index contributed by atoms with van der Waals surface area (Å²) >= 11 is 9.62. The molecule has 0 saturated carbocycles. The average Bonchev–Trinajstić information content (AvgIpc) is 2.47. The molecule has 0 amide bonds. The first-order chi connectivity index (χ1) is 6.48. The highest BCUT2D eigenvalue weighted by Crippen LogP contribution is 2.48. The Morgan fingerprint density at radius 1 is 1.21 bits per heavy atom. The van der Waals surface area contributed by atoms with Gasteiger partial charge in [-0.25, -0.2) is 0 Å². The number of fused-ring (bicyclic) bond motifs is 1. The van der Waals surface area contributed by atoms with E-state index in [1.165, 1.54) is 14.5 Å². The van der Waals surface area contributed by atoms with E-state index in [9.17, 15) is 0 Å². The lowest BCUT2D eigenvalue weighted by molar-refractivity contribution is 1.11. The Bertz CT molecular complexity index is 472. The predicted molar refractivity (Wildman–Crippen MR) is 92.5 cm³/mol. The van der Waals surface area contributed by atoms with Crippen molar-refractivity contribution in [3.63, 3.8) is 0 Å². The van der Waals surface area contributed by atoms with Crippen LogP contribution in [0.2, 0.25) is 0 Å². The molecule has 0 aliphatic heterocycles. The molecule has 6 heteroatoms. The highest BCUT2D eigenvalue weighted by molar-refractivity contribution is 14.3. The Kier molecular flexibility index (Phi) is 3.85. The van der Waals surface area contributed by atoms with Crippen LogP contribution in [0.25, 0.3) is 10.9 Å². The smallest absolute Gasteiger partial charge is 0.151 e. The lowest BCUT2D eigenvalue weighted by atomic mass is 10.2. The average molecular weight is 636 g/mol. The first-order valence-electron chi connectivity index (χ1n) is 3.68. The number of halogens is 4. The van der Waals surface area contributed by atoms with Crippen molar-refractivity contribution in [2.45, 2.75) is -0.565 Å². The molecule has 0 fully saturated rings. The molecule has 1 heterocycles. The topological polar surface area (TPSA) is 28.7 Å². The van der Waals surface area contributed by atoms with Crippen molar-refractivity contribution in [3.05, 3.63) is 27.5 Å².